The summed E-state index contributed by atoms with van der Waals surface area (Å²) in [6.45, 7) is 0. The van der Waals surface area contributed by atoms with Crippen molar-refractivity contribution in [2.45, 2.75) is 12.8 Å². The Balaban J connectivity index is 1.51. The summed E-state index contributed by atoms with van der Waals surface area (Å²) in [5.74, 6) is 1.62. The first-order valence-electron chi connectivity index (χ1n) is 8.15. The summed E-state index contributed by atoms with van der Waals surface area (Å²) >= 11 is 0. The van der Waals surface area contributed by atoms with Crippen molar-refractivity contribution in [3.05, 3.63) is 71.4 Å². The van der Waals surface area contributed by atoms with Gasteiger partial charge in [-0.3, -0.25) is 4.79 Å². The van der Waals surface area contributed by atoms with E-state index in [1.165, 1.54) is 0 Å². The van der Waals surface area contributed by atoms with Crippen LogP contribution in [-0.4, -0.2) is 15.8 Å². The van der Waals surface area contributed by atoms with Crippen LogP contribution >= 0.6 is 0 Å². The minimum Gasteiger partial charge on any atom is -0.439 e. The number of benzene rings is 2. The van der Waals surface area contributed by atoms with Gasteiger partial charge >= 0.3 is 0 Å². The van der Waals surface area contributed by atoms with Gasteiger partial charge in [-0.25, -0.2) is 4.98 Å². The molecule has 6 nitrogen and oxygen atoms in total. The van der Waals surface area contributed by atoms with Crippen LogP contribution in [0.15, 0.2) is 54.7 Å². The normalized spacial score (nSPS) is 12.3. The fraction of sp³-hybridized carbons (Fsp3) is 0.100. The fourth-order valence-electron chi connectivity index (χ4n) is 2.83. The number of aromatic nitrogens is 2. The van der Waals surface area contributed by atoms with Gasteiger partial charge in [0.1, 0.15) is 5.75 Å². The molecular formula is C20H14N4O2. The number of nitriles is 1. The van der Waals surface area contributed by atoms with Crippen LogP contribution in [-0.2, 0) is 6.42 Å². The zero-order valence-corrected chi connectivity index (χ0v) is 13.8. The third kappa shape index (κ3) is 3.23. The number of aryl methyl sites for hydroxylation is 1. The van der Waals surface area contributed by atoms with Gasteiger partial charge in [-0.2, -0.15) is 10.2 Å². The molecule has 1 heterocycles. The van der Waals surface area contributed by atoms with Crippen molar-refractivity contribution >= 4 is 17.4 Å². The van der Waals surface area contributed by atoms with Gasteiger partial charge in [0, 0.05) is 29.9 Å². The van der Waals surface area contributed by atoms with E-state index in [1.807, 2.05) is 6.07 Å². The van der Waals surface area contributed by atoms with E-state index in [1.54, 1.807) is 48.7 Å². The van der Waals surface area contributed by atoms with Gasteiger partial charge in [-0.05, 0) is 54.4 Å². The lowest BCUT2D eigenvalue weighted by Gasteiger charge is -2.09. The highest BCUT2D eigenvalue weighted by atomic mass is 16.5. The quantitative estimate of drug-likeness (QED) is 0.770. The summed E-state index contributed by atoms with van der Waals surface area (Å²) in [4.78, 5) is 20.2. The number of carbonyl (C=O) groups is 1. The average Bonchev–Trinajstić information content (AvgIpc) is 3.03. The molecule has 0 spiro atoms. The van der Waals surface area contributed by atoms with Crippen LogP contribution in [0.1, 0.15) is 27.9 Å². The van der Waals surface area contributed by atoms with Crippen molar-refractivity contribution in [1.82, 2.24) is 9.97 Å². The van der Waals surface area contributed by atoms with Crippen LogP contribution in [0.3, 0.4) is 0 Å². The molecule has 4 rings (SSSR count). The number of rotatable bonds is 4. The molecule has 0 amide bonds. The Kier molecular flexibility index (Phi) is 4.04. The Morgan fingerprint density at radius 2 is 1.92 bits per heavy atom. The molecule has 126 valence electrons. The third-order valence-electron chi connectivity index (χ3n) is 4.12. The first kappa shape index (κ1) is 15.8. The molecule has 6 heteroatoms. The highest BCUT2D eigenvalue weighted by Gasteiger charge is 2.19. The van der Waals surface area contributed by atoms with Crippen molar-refractivity contribution < 1.29 is 9.53 Å². The van der Waals surface area contributed by atoms with E-state index in [0.717, 1.165) is 23.2 Å². The molecule has 0 atom stereocenters. The molecule has 1 aliphatic rings. The standard InChI is InChI=1S/C20H14N4O2/c21-12-13-1-4-15(5-2-13)23-20-22-10-9-19(24-20)26-16-6-7-17-14(11-16)3-8-18(17)25/h1-2,4-7,9-11H,3,8H2,(H,22,23,24). The summed E-state index contributed by atoms with van der Waals surface area (Å²) in [7, 11) is 0. The monoisotopic (exact) mass is 342 g/mol. The second-order valence-electron chi connectivity index (χ2n) is 5.88. The zero-order chi connectivity index (χ0) is 17.9. The molecule has 1 N–H and O–H groups in total. The lowest BCUT2D eigenvalue weighted by molar-refractivity contribution is 0.0994. The first-order chi connectivity index (χ1) is 12.7. The molecule has 2 aromatic carbocycles. The van der Waals surface area contributed by atoms with Crippen LogP contribution in [0.2, 0.25) is 0 Å². The molecule has 0 unspecified atom stereocenters. The number of ketones is 1. The number of anilines is 2. The van der Waals surface area contributed by atoms with E-state index in [0.29, 0.717) is 29.6 Å². The summed E-state index contributed by atoms with van der Waals surface area (Å²) < 4.78 is 5.81. The predicted molar refractivity (Wildman–Crippen MR) is 95.6 cm³/mol. The Morgan fingerprint density at radius 3 is 2.73 bits per heavy atom. The molecule has 1 aromatic heterocycles. The minimum atomic E-state index is 0.183. The molecule has 3 aromatic rings. The minimum absolute atomic E-state index is 0.183. The zero-order valence-electron chi connectivity index (χ0n) is 13.8. The summed E-state index contributed by atoms with van der Waals surface area (Å²) in [6.07, 6.45) is 2.91. The number of nitrogens with one attached hydrogen (secondary N) is 1. The molecule has 0 saturated heterocycles. The smallest absolute Gasteiger partial charge is 0.230 e. The molecule has 0 bridgehead atoms. The van der Waals surface area contributed by atoms with Gasteiger partial charge < -0.3 is 10.1 Å². The second-order valence-corrected chi connectivity index (χ2v) is 5.88. The molecule has 0 radical (unpaired) electrons. The Labute approximate surface area is 150 Å². The maximum Gasteiger partial charge on any atom is 0.230 e. The molecule has 0 fully saturated rings. The van der Waals surface area contributed by atoms with Gasteiger partial charge in [-0.1, -0.05) is 0 Å². The largest absolute Gasteiger partial charge is 0.439 e. The lowest BCUT2D eigenvalue weighted by Crippen LogP contribution is -1.98. The third-order valence-corrected chi connectivity index (χ3v) is 4.12. The van der Waals surface area contributed by atoms with Gasteiger partial charge in [-0.15, -0.1) is 0 Å². The number of ether oxygens (including phenoxy) is 1. The number of Topliss-reactive ketones (excluding diaryl/α,β-unsaturated/α-hetero) is 1. The molecular weight excluding hydrogens is 328 g/mol. The molecule has 26 heavy (non-hydrogen) atoms. The van der Waals surface area contributed by atoms with Crippen LogP contribution < -0.4 is 10.1 Å². The highest BCUT2D eigenvalue weighted by Crippen LogP contribution is 2.28. The van der Waals surface area contributed by atoms with Crippen molar-refractivity contribution in [2.24, 2.45) is 0 Å². The van der Waals surface area contributed by atoms with Crippen LogP contribution in [0.25, 0.3) is 0 Å². The average molecular weight is 342 g/mol. The first-order valence-corrected chi connectivity index (χ1v) is 8.15. The SMILES string of the molecule is N#Cc1ccc(Nc2nccc(Oc3ccc4c(c3)CCC4=O)n2)cc1. The maximum atomic E-state index is 11.7. The summed E-state index contributed by atoms with van der Waals surface area (Å²) in [5, 5.41) is 11.9. The van der Waals surface area contributed by atoms with Gasteiger partial charge in [0.2, 0.25) is 11.8 Å². The van der Waals surface area contributed by atoms with E-state index in [2.05, 4.69) is 21.4 Å². The van der Waals surface area contributed by atoms with E-state index in [9.17, 15) is 4.79 Å². The summed E-state index contributed by atoms with van der Waals surface area (Å²) in [6, 6.07) is 16.2. The Morgan fingerprint density at radius 1 is 1.08 bits per heavy atom. The molecule has 1 aliphatic carbocycles. The van der Waals surface area contributed by atoms with E-state index < -0.39 is 0 Å². The Hall–Kier alpha value is -3.72. The van der Waals surface area contributed by atoms with Crippen LogP contribution in [0.4, 0.5) is 11.6 Å². The van der Waals surface area contributed by atoms with Crippen LogP contribution in [0.5, 0.6) is 11.6 Å². The maximum absolute atomic E-state index is 11.7. The van der Waals surface area contributed by atoms with Crippen molar-refractivity contribution in [2.75, 3.05) is 5.32 Å². The number of fused-ring (bicyclic) bond motifs is 1. The van der Waals surface area contributed by atoms with Gasteiger partial charge in [0.25, 0.3) is 0 Å². The van der Waals surface area contributed by atoms with Crippen molar-refractivity contribution in [3.63, 3.8) is 0 Å². The number of hydrogen-bond donors (Lipinski definition) is 1. The second kappa shape index (κ2) is 6.65. The fourth-order valence-corrected chi connectivity index (χ4v) is 2.83. The van der Waals surface area contributed by atoms with E-state index >= 15 is 0 Å². The predicted octanol–water partition coefficient (Wildman–Crippen LogP) is 4.01. The van der Waals surface area contributed by atoms with Gasteiger partial charge in [0.05, 0.1) is 11.6 Å². The van der Waals surface area contributed by atoms with E-state index in [-0.39, 0.29) is 5.78 Å². The molecule has 0 aliphatic heterocycles. The van der Waals surface area contributed by atoms with E-state index in [4.69, 9.17) is 10.00 Å². The number of nitrogens with zero attached hydrogens (tertiary/aromatic N) is 3. The van der Waals surface area contributed by atoms with Crippen molar-refractivity contribution in [3.8, 4) is 17.7 Å². The summed E-state index contributed by atoms with van der Waals surface area (Å²) in [5.41, 5.74) is 3.15. The lowest BCUT2D eigenvalue weighted by atomic mass is 10.1. The number of carbonyl (C=O) groups excluding carboxylic acids is 1. The van der Waals surface area contributed by atoms with Gasteiger partial charge in [0.15, 0.2) is 5.78 Å². The molecule has 0 saturated carbocycles. The van der Waals surface area contributed by atoms with Crippen LogP contribution in [0, 0.1) is 11.3 Å². The highest BCUT2D eigenvalue weighted by molar-refractivity contribution is 6.00. The number of hydrogen-bond acceptors (Lipinski definition) is 6. The Bertz CT molecular complexity index is 1020. The topological polar surface area (TPSA) is 87.9 Å². The van der Waals surface area contributed by atoms with Crippen molar-refractivity contribution in [1.29, 1.82) is 5.26 Å².